The SMILES string of the molecule is CC(C)(C)c1c[nH]c(=S)n1-c1cccc(F)c1F. The van der Waals surface area contributed by atoms with Gasteiger partial charge < -0.3 is 4.98 Å². The van der Waals surface area contributed by atoms with E-state index in [0.717, 1.165) is 11.8 Å². The lowest BCUT2D eigenvalue weighted by Crippen LogP contribution is -2.17. The summed E-state index contributed by atoms with van der Waals surface area (Å²) in [6, 6.07) is 4.07. The van der Waals surface area contributed by atoms with Crippen LogP contribution in [0.5, 0.6) is 0 Å². The van der Waals surface area contributed by atoms with Gasteiger partial charge in [0.25, 0.3) is 0 Å². The summed E-state index contributed by atoms with van der Waals surface area (Å²) in [5, 5.41) is 0. The zero-order valence-electron chi connectivity index (χ0n) is 10.4. The van der Waals surface area contributed by atoms with Crippen molar-refractivity contribution < 1.29 is 8.78 Å². The van der Waals surface area contributed by atoms with Crippen LogP contribution in [0, 0.1) is 16.4 Å². The van der Waals surface area contributed by atoms with Gasteiger partial charge in [0.15, 0.2) is 16.4 Å². The first-order chi connectivity index (χ1) is 8.32. The van der Waals surface area contributed by atoms with Crippen molar-refractivity contribution in [3.8, 4) is 5.69 Å². The predicted molar refractivity (Wildman–Crippen MR) is 69.6 cm³/mol. The average Bonchev–Trinajstić information content (AvgIpc) is 2.64. The molecule has 0 saturated heterocycles. The molecule has 0 atom stereocenters. The van der Waals surface area contributed by atoms with Crippen molar-refractivity contribution in [3.63, 3.8) is 0 Å². The van der Waals surface area contributed by atoms with Crippen LogP contribution in [0.2, 0.25) is 0 Å². The number of H-pyrrole nitrogens is 1. The molecule has 2 rings (SSSR count). The molecular formula is C13H14F2N2S. The highest BCUT2D eigenvalue weighted by Gasteiger charge is 2.22. The van der Waals surface area contributed by atoms with E-state index in [2.05, 4.69) is 4.98 Å². The molecule has 0 spiro atoms. The Balaban J connectivity index is 2.76. The van der Waals surface area contributed by atoms with E-state index in [1.165, 1.54) is 16.7 Å². The molecule has 2 nitrogen and oxygen atoms in total. The van der Waals surface area contributed by atoms with Crippen molar-refractivity contribution in [1.82, 2.24) is 9.55 Å². The zero-order chi connectivity index (χ0) is 13.5. The number of aromatic amines is 1. The largest absolute Gasteiger partial charge is 0.337 e. The highest BCUT2D eigenvalue weighted by Crippen LogP contribution is 2.27. The van der Waals surface area contributed by atoms with E-state index in [9.17, 15) is 8.78 Å². The third-order valence-electron chi connectivity index (χ3n) is 2.72. The minimum Gasteiger partial charge on any atom is -0.337 e. The van der Waals surface area contributed by atoms with E-state index < -0.39 is 11.6 Å². The molecule has 0 aliphatic carbocycles. The molecule has 5 heteroatoms. The quantitative estimate of drug-likeness (QED) is 0.772. The van der Waals surface area contributed by atoms with Crippen LogP contribution < -0.4 is 0 Å². The Bertz CT molecular complexity index is 635. The molecule has 0 aliphatic heterocycles. The third-order valence-corrected chi connectivity index (χ3v) is 3.02. The van der Waals surface area contributed by atoms with Gasteiger partial charge in [0.05, 0.1) is 5.69 Å². The summed E-state index contributed by atoms with van der Waals surface area (Å²) in [6.45, 7) is 5.95. The van der Waals surface area contributed by atoms with E-state index >= 15 is 0 Å². The molecule has 1 N–H and O–H groups in total. The summed E-state index contributed by atoms with van der Waals surface area (Å²) in [5.41, 5.74) is 0.704. The van der Waals surface area contributed by atoms with Gasteiger partial charge in [-0.25, -0.2) is 8.78 Å². The number of halogens is 2. The van der Waals surface area contributed by atoms with Gasteiger partial charge in [-0.15, -0.1) is 0 Å². The molecule has 1 aromatic heterocycles. The Morgan fingerprint density at radius 2 is 1.89 bits per heavy atom. The Morgan fingerprint density at radius 3 is 2.50 bits per heavy atom. The summed E-state index contributed by atoms with van der Waals surface area (Å²) in [7, 11) is 0. The molecule has 0 aliphatic rings. The maximum absolute atomic E-state index is 13.9. The van der Waals surface area contributed by atoms with E-state index in [1.807, 2.05) is 20.8 Å². The molecule has 1 heterocycles. The van der Waals surface area contributed by atoms with Crippen LogP contribution in [0.1, 0.15) is 26.5 Å². The Kier molecular flexibility index (Phi) is 3.11. The first-order valence-electron chi connectivity index (χ1n) is 5.57. The number of nitrogens with one attached hydrogen (secondary N) is 1. The van der Waals surface area contributed by atoms with E-state index in [1.54, 1.807) is 6.20 Å². The maximum Gasteiger partial charge on any atom is 0.182 e. The van der Waals surface area contributed by atoms with Crippen molar-refractivity contribution in [2.45, 2.75) is 26.2 Å². The molecule has 96 valence electrons. The van der Waals surface area contributed by atoms with Crippen LogP contribution >= 0.6 is 12.2 Å². The van der Waals surface area contributed by atoms with E-state index in [0.29, 0.717) is 4.77 Å². The molecule has 0 bridgehead atoms. The van der Waals surface area contributed by atoms with Crippen molar-refractivity contribution in [2.24, 2.45) is 0 Å². The van der Waals surface area contributed by atoms with Gasteiger partial charge >= 0.3 is 0 Å². The van der Waals surface area contributed by atoms with Gasteiger partial charge in [-0.05, 0) is 24.4 Å². The Hall–Kier alpha value is -1.49. The van der Waals surface area contributed by atoms with Crippen molar-refractivity contribution in [1.29, 1.82) is 0 Å². The van der Waals surface area contributed by atoms with Gasteiger partial charge in [-0.2, -0.15) is 0 Å². The fourth-order valence-electron chi connectivity index (χ4n) is 1.82. The number of hydrogen-bond acceptors (Lipinski definition) is 1. The first kappa shape index (κ1) is 13.0. The third kappa shape index (κ3) is 2.10. The van der Waals surface area contributed by atoms with Crippen molar-refractivity contribution >= 4 is 12.2 Å². The van der Waals surface area contributed by atoms with Crippen LogP contribution in [0.25, 0.3) is 5.69 Å². The van der Waals surface area contributed by atoms with Gasteiger partial charge in [0, 0.05) is 17.3 Å². The fourth-order valence-corrected chi connectivity index (χ4v) is 2.08. The molecule has 0 radical (unpaired) electrons. The highest BCUT2D eigenvalue weighted by atomic mass is 32.1. The number of hydrogen-bond donors (Lipinski definition) is 1. The van der Waals surface area contributed by atoms with E-state index in [4.69, 9.17) is 12.2 Å². The van der Waals surface area contributed by atoms with Crippen LogP contribution in [-0.4, -0.2) is 9.55 Å². The van der Waals surface area contributed by atoms with Gasteiger partial charge in [0.1, 0.15) is 0 Å². The number of benzene rings is 1. The molecule has 0 fully saturated rings. The highest BCUT2D eigenvalue weighted by molar-refractivity contribution is 7.71. The monoisotopic (exact) mass is 268 g/mol. The van der Waals surface area contributed by atoms with Crippen LogP contribution in [0.4, 0.5) is 8.78 Å². The molecule has 0 saturated carbocycles. The summed E-state index contributed by atoms with van der Waals surface area (Å²) in [4.78, 5) is 2.88. The van der Waals surface area contributed by atoms with Gasteiger partial charge in [-0.3, -0.25) is 4.57 Å². The summed E-state index contributed by atoms with van der Waals surface area (Å²) in [5.74, 6) is -1.77. The smallest absolute Gasteiger partial charge is 0.182 e. The minimum atomic E-state index is -0.890. The zero-order valence-corrected chi connectivity index (χ0v) is 11.2. The predicted octanol–water partition coefficient (Wildman–Crippen LogP) is 4.11. The van der Waals surface area contributed by atoms with Crippen molar-refractivity contribution in [3.05, 3.63) is 46.5 Å². The van der Waals surface area contributed by atoms with Gasteiger partial charge in [0.2, 0.25) is 0 Å². The van der Waals surface area contributed by atoms with Crippen LogP contribution in [-0.2, 0) is 5.41 Å². The number of nitrogens with zero attached hydrogens (tertiary/aromatic N) is 1. The Labute approximate surface area is 109 Å². The lowest BCUT2D eigenvalue weighted by atomic mass is 9.92. The number of rotatable bonds is 1. The molecule has 0 amide bonds. The van der Waals surface area contributed by atoms with Crippen LogP contribution in [0.3, 0.4) is 0 Å². The summed E-state index contributed by atoms with van der Waals surface area (Å²) >= 11 is 5.14. The second kappa shape index (κ2) is 4.31. The second-order valence-corrected chi connectivity index (χ2v) is 5.52. The molecule has 2 aromatic rings. The lowest BCUT2D eigenvalue weighted by Gasteiger charge is -2.21. The molecule has 0 unspecified atom stereocenters. The number of imidazole rings is 1. The Morgan fingerprint density at radius 1 is 1.22 bits per heavy atom. The molecule has 18 heavy (non-hydrogen) atoms. The van der Waals surface area contributed by atoms with Crippen molar-refractivity contribution in [2.75, 3.05) is 0 Å². The minimum absolute atomic E-state index is 0.131. The topological polar surface area (TPSA) is 20.7 Å². The standard InChI is InChI=1S/C13H14F2N2S/c1-13(2,3)10-7-16-12(18)17(10)9-6-4-5-8(14)11(9)15/h4-7H,1-3H3,(H,16,18). The maximum atomic E-state index is 13.9. The first-order valence-corrected chi connectivity index (χ1v) is 5.98. The number of aromatic nitrogens is 2. The summed E-state index contributed by atoms with van der Waals surface area (Å²) < 4.78 is 29.0. The molecular weight excluding hydrogens is 254 g/mol. The lowest BCUT2D eigenvalue weighted by molar-refractivity contribution is 0.497. The van der Waals surface area contributed by atoms with Crippen LogP contribution in [0.15, 0.2) is 24.4 Å². The fraction of sp³-hybridized carbons (Fsp3) is 0.308. The molecule has 1 aromatic carbocycles. The normalized spacial score (nSPS) is 11.8. The average molecular weight is 268 g/mol. The van der Waals surface area contributed by atoms with E-state index in [-0.39, 0.29) is 11.1 Å². The second-order valence-electron chi connectivity index (χ2n) is 5.14. The summed E-state index contributed by atoms with van der Waals surface area (Å²) in [6.07, 6.45) is 1.73. The van der Waals surface area contributed by atoms with Gasteiger partial charge in [-0.1, -0.05) is 26.8 Å².